The first-order valence-corrected chi connectivity index (χ1v) is 5.65. The molecule has 0 spiro atoms. The first kappa shape index (κ1) is 12.3. The molecule has 0 saturated carbocycles. The van der Waals surface area contributed by atoms with Crippen LogP contribution in [0.15, 0.2) is 16.7 Å². The van der Waals surface area contributed by atoms with Crippen molar-refractivity contribution in [3.05, 3.63) is 23.7 Å². The van der Waals surface area contributed by atoms with E-state index in [9.17, 15) is 0 Å². The highest BCUT2D eigenvalue weighted by molar-refractivity contribution is 5.16. The van der Waals surface area contributed by atoms with Crippen LogP contribution in [0.1, 0.15) is 38.5 Å². The van der Waals surface area contributed by atoms with E-state index < -0.39 is 0 Å². The second kappa shape index (κ2) is 6.64. The first-order valence-electron chi connectivity index (χ1n) is 5.65. The van der Waals surface area contributed by atoms with Gasteiger partial charge >= 0.3 is 0 Å². The Morgan fingerprint density at radius 3 is 2.93 bits per heavy atom. The number of ether oxygens (including phenoxy) is 1. The van der Waals surface area contributed by atoms with Crippen LogP contribution in [0.4, 0.5) is 0 Å². The molecule has 0 saturated heterocycles. The van der Waals surface area contributed by atoms with Gasteiger partial charge in [-0.05, 0) is 26.0 Å². The van der Waals surface area contributed by atoms with E-state index in [1.807, 2.05) is 6.07 Å². The Hall–Kier alpha value is -0.800. The fourth-order valence-corrected chi connectivity index (χ4v) is 1.25. The van der Waals surface area contributed by atoms with Crippen LogP contribution in [0.25, 0.3) is 0 Å². The Balaban J connectivity index is 2.42. The summed E-state index contributed by atoms with van der Waals surface area (Å²) < 4.78 is 11.0. The molecule has 3 heteroatoms. The molecule has 15 heavy (non-hydrogen) atoms. The normalized spacial score (nSPS) is 13.0. The number of hydrogen-bond acceptors (Lipinski definition) is 3. The minimum absolute atomic E-state index is 0.294. The number of hydrogen-bond donors (Lipinski definition) is 1. The van der Waals surface area contributed by atoms with Crippen LogP contribution in [-0.4, -0.2) is 12.6 Å². The average molecular weight is 211 g/mol. The first-order chi connectivity index (χ1) is 7.27. The summed E-state index contributed by atoms with van der Waals surface area (Å²) in [6, 6.07) is 2.00. The maximum absolute atomic E-state index is 5.63. The third-order valence-electron chi connectivity index (χ3n) is 2.48. The highest BCUT2D eigenvalue weighted by Crippen LogP contribution is 2.13. The average Bonchev–Trinajstić information content (AvgIpc) is 2.70. The molecule has 1 atom stereocenters. The van der Waals surface area contributed by atoms with E-state index in [2.05, 4.69) is 26.1 Å². The van der Waals surface area contributed by atoms with Gasteiger partial charge < -0.3 is 14.5 Å². The van der Waals surface area contributed by atoms with Gasteiger partial charge in [0, 0.05) is 12.1 Å². The molecule has 1 rings (SSSR count). The van der Waals surface area contributed by atoms with Crippen LogP contribution in [0.3, 0.4) is 0 Å². The lowest BCUT2D eigenvalue weighted by molar-refractivity contribution is 0.0400. The Labute approximate surface area is 91.8 Å². The second-order valence-corrected chi connectivity index (χ2v) is 3.68. The molecular weight excluding hydrogens is 190 g/mol. The highest BCUT2D eigenvalue weighted by atomic mass is 16.5. The predicted molar refractivity (Wildman–Crippen MR) is 60.6 cm³/mol. The number of rotatable bonds is 7. The molecule has 0 aliphatic rings. The van der Waals surface area contributed by atoms with Gasteiger partial charge in [0.1, 0.15) is 12.4 Å². The van der Waals surface area contributed by atoms with Crippen molar-refractivity contribution in [2.45, 2.75) is 46.4 Å². The van der Waals surface area contributed by atoms with E-state index in [1.54, 1.807) is 6.26 Å². The van der Waals surface area contributed by atoms with E-state index in [4.69, 9.17) is 9.15 Å². The molecule has 1 N–H and O–H groups in total. The fraction of sp³-hybridized carbons (Fsp3) is 0.667. The van der Waals surface area contributed by atoms with Crippen molar-refractivity contribution in [1.29, 1.82) is 0 Å². The molecule has 0 amide bonds. The van der Waals surface area contributed by atoms with E-state index >= 15 is 0 Å². The van der Waals surface area contributed by atoms with Gasteiger partial charge in [-0.3, -0.25) is 0 Å². The van der Waals surface area contributed by atoms with Crippen molar-refractivity contribution in [2.75, 3.05) is 6.54 Å². The van der Waals surface area contributed by atoms with Gasteiger partial charge in [0.15, 0.2) is 0 Å². The zero-order chi connectivity index (χ0) is 11.1. The van der Waals surface area contributed by atoms with E-state index in [0.717, 1.165) is 25.3 Å². The maximum Gasteiger partial charge on any atom is 0.133 e. The molecule has 0 aromatic carbocycles. The quantitative estimate of drug-likeness (QED) is 0.753. The lowest BCUT2D eigenvalue weighted by atomic mass is 10.2. The van der Waals surface area contributed by atoms with Gasteiger partial charge in [-0.1, -0.05) is 13.8 Å². The SMILES string of the molecule is CCNCc1ccoc1COC(C)CC. The summed E-state index contributed by atoms with van der Waals surface area (Å²) in [6.07, 6.45) is 3.05. The van der Waals surface area contributed by atoms with Crippen molar-refractivity contribution in [3.63, 3.8) is 0 Å². The van der Waals surface area contributed by atoms with E-state index in [-0.39, 0.29) is 0 Å². The Morgan fingerprint density at radius 1 is 1.47 bits per heavy atom. The third kappa shape index (κ3) is 4.06. The van der Waals surface area contributed by atoms with Crippen LogP contribution in [0, 0.1) is 0 Å². The van der Waals surface area contributed by atoms with Crippen molar-refractivity contribution in [2.24, 2.45) is 0 Å². The molecule has 0 bridgehead atoms. The Morgan fingerprint density at radius 2 is 2.27 bits per heavy atom. The van der Waals surface area contributed by atoms with Crippen molar-refractivity contribution in [1.82, 2.24) is 5.32 Å². The van der Waals surface area contributed by atoms with Crippen LogP contribution in [-0.2, 0) is 17.9 Å². The minimum Gasteiger partial charge on any atom is -0.467 e. The molecule has 1 aromatic rings. The molecule has 0 aliphatic carbocycles. The number of nitrogens with one attached hydrogen (secondary N) is 1. The van der Waals surface area contributed by atoms with Crippen molar-refractivity contribution < 1.29 is 9.15 Å². The Kier molecular flexibility index (Phi) is 5.43. The summed E-state index contributed by atoms with van der Waals surface area (Å²) in [5.74, 6) is 0.941. The van der Waals surface area contributed by atoms with Gasteiger partial charge in [-0.15, -0.1) is 0 Å². The fourth-order valence-electron chi connectivity index (χ4n) is 1.25. The molecule has 3 nitrogen and oxygen atoms in total. The summed E-state index contributed by atoms with van der Waals surface area (Å²) in [5.41, 5.74) is 1.19. The second-order valence-electron chi connectivity index (χ2n) is 3.68. The summed E-state index contributed by atoms with van der Waals surface area (Å²) >= 11 is 0. The Bertz CT molecular complexity index is 270. The lowest BCUT2D eigenvalue weighted by Gasteiger charge is -2.10. The van der Waals surface area contributed by atoms with E-state index in [1.165, 1.54) is 5.56 Å². The van der Waals surface area contributed by atoms with Crippen LogP contribution < -0.4 is 5.32 Å². The highest BCUT2D eigenvalue weighted by Gasteiger charge is 2.07. The smallest absolute Gasteiger partial charge is 0.133 e. The van der Waals surface area contributed by atoms with Crippen LogP contribution >= 0.6 is 0 Å². The largest absolute Gasteiger partial charge is 0.467 e. The summed E-state index contributed by atoms with van der Waals surface area (Å²) in [6.45, 7) is 8.68. The molecule has 0 aliphatic heterocycles. The van der Waals surface area contributed by atoms with E-state index in [0.29, 0.717) is 12.7 Å². The maximum atomic E-state index is 5.63. The predicted octanol–water partition coefficient (Wildman–Crippen LogP) is 2.70. The minimum atomic E-state index is 0.294. The zero-order valence-corrected chi connectivity index (χ0v) is 9.88. The van der Waals surface area contributed by atoms with Gasteiger partial charge in [0.25, 0.3) is 0 Å². The van der Waals surface area contributed by atoms with Crippen molar-refractivity contribution >= 4 is 0 Å². The molecule has 0 radical (unpaired) electrons. The molecular formula is C12H21NO2. The van der Waals surface area contributed by atoms with Gasteiger partial charge in [0.2, 0.25) is 0 Å². The van der Waals surface area contributed by atoms with Crippen LogP contribution in [0.5, 0.6) is 0 Å². The standard InChI is InChI=1S/C12H21NO2/c1-4-10(3)15-9-12-11(6-7-14-12)8-13-5-2/h6-7,10,13H,4-5,8-9H2,1-3H3. The lowest BCUT2D eigenvalue weighted by Crippen LogP contribution is -2.13. The third-order valence-corrected chi connectivity index (χ3v) is 2.48. The summed E-state index contributed by atoms with van der Waals surface area (Å²) in [5, 5.41) is 3.28. The van der Waals surface area contributed by atoms with Gasteiger partial charge in [-0.25, -0.2) is 0 Å². The van der Waals surface area contributed by atoms with Crippen LogP contribution in [0.2, 0.25) is 0 Å². The van der Waals surface area contributed by atoms with Crippen molar-refractivity contribution in [3.8, 4) is 0 Å². The molecule has 0 fully saturated rings. The zero-order valence-electron chi connectivity index (χ0n) is 9.88. The van der Waals surface area contributed by atoms with Gasteiger partial charge in [-0.2, -0.15) is 0 Å². The topological polar surface area (TPSA) is 34.4 Å². The molecule has 1 heterocycles. The monoisotopic (exact) mass is 211 g/mol. The molecule has 1 aromatic heterocycles. The number of furan rings is 1. The summed E-state index contributed by atoms with van der Waals surface area (Å²) in [4.78, 5) is 0. The molecule has 86 valence electrons. The summed E-state index contributed by atoms with van der Waals surface area (Å²) in [7, 11) is 0. The molecule has 1 unspecified atom stereocenters. The van der Waals surface area contributed by atoms with Gasteiger partial charge in [0.05, 0.1) is 12.4 Å².